The molecular formula is C12H19N3O5. The van der Waals surface area contributed by atoms with Crippen molar-refractivity contribution in [1.29, 1.82) is 0 Å². The van der Waals surface area contributed by atoms with Crippen molar-refractivity contribution in [2.45, 2.75) is 31.6 Å². The first-order valence-electron chi connectivity index (χ1n) is 6.27. The number of aliphatic hydroxyl groups is 2. The van der Waals surface area contributed by atoms with Gasteiger partial charge in [0.2, 0.25) is 0 Å². The second kappa shape index (κ2) is 7.86. The number of aliphatic hydroxyl groups excluding tert-OH is 2. The van der Waals surface area contributed by atoms with Crippen molar-refractivity contribution in [2.24, 2.45) is 11.0 Å². The van der Waals surface area contributed by atoms with Gasteiger partial charge in [0.1, 0.15) is 6.10 Å². The highest BCUT2D eigenvalue weighted by molar-refractivity contribution is 5.88. The topological polar surface area (TPSA) is 125 Å². The molecule has 0 bridgehead atoms. The van der Waals surface area contributed by atoms with Gasteiger partial charge in [-0.1, -0.05) is 12.0 Å². The van der Waals surface area contributed by atoms with Crippen LogP contribution in [0.1, 0.15) is 13.3 Å². The Morgan fingerprint density at radius 2 is 2.40 bits per heavy atom. The third-order valence-corrected chi connectivity index (χ3v) is 3.26. The summed E-state index contributed by atoms with van der Waals surface area (Å²) in [6.45, 7) is 1.35. The molecule has 112 valence electrons. The number of esters is 1. The highest BCUT2D eigenvalue weighted by Gasteiger charge is 2.33. The van der Waals surface area contributed by atoms with Gasteiger partial charge < -0.3 is 19.7 Å². The number of azide groups is 1. The molecule has 1 aliphatic rings. The van der Waals surface area contributed by atoms with Crippen molar-refractivity contribution < 1.29 is 24.5 Å². The largest absolute Gasteiger partial charge is 0.466 e. The molecule has 0 saturated heterocycles. The van der Waals surface area contributed by atoms with Crippen molar-refractivity contribution in [3.8, 4) is 0 Å². The van der Waals surface area contributed by atoms with Crippen LogP contribution in [0.3, 0.4) is 0 Å². The first-order chi connectivity index (χ1) is 9.53. The maximum atomic E-state index is 11.6. The zero-order valence-corrected chi connectivity index (χ0v) is 11.5. The zero-order valence-electron chi connectivity index (χ0n) is 11.5. The summed E-state index contributed by atoms with van der Waals surface area (Å²) in [5.74, 6) is -0.642. The van der Waals surface area contributed by atoms with E-state index in [1.165, 1.54) is 7.11 Å². The predicted octanol–water partition coefficient (Wildman–Crippen LogP) is 0.543. The van der Waals surface area contributed by atoms with Crippen LogP contribution in [-0.2, 0) is 14.3 Å². The van der Waals surface area contributed by atoms with Gasteiger partial charge in [-0.2, -0.15) is 0 Å². The van der Waals surface area contributed by atoms with Crippen LogP contribution in [0.15, 0.2) is 16.8 Å². The first kappa shape index (κ1) is 16.5. The van der Waals surface area contributed by atoms with Gasteiger partial charge in [0, 0.05) is 16.5 Å². The third kappa shape index (κ3) is 4.21. The van der Waals surface area contributed by atoms with Crippen LogP contribution in [0.2, 0.25) is 0 Å². The number of methoxy groups -OCH3 is 1. The van der Waals surface area contributed by atoms with Gasteiger partial charge in [-0.05, 0) is 23.9 Å². The highest BCUT2D eigenvalue weighted by atomic mass is 16.5. The van der Waals surface area contributed by atoms with E-state index >= 15 is 0 Å². The summed E-state index contributed by atoms with van der Waals surface area (Å²) in [6, 6.07) is -0.421. The quantitative estimate of drug-likeness (QED) is 0.319. The summed E-state index contributed by atoms with van der Waals surface area (Å²) in [4.78, 5) is 14.4. The van der Waals surface area contributed by atoms with Crippen LogP contribution in [0.25, 0.3) is 10.4 Å². The molecule has 0 spiro atoms. The molecule has 4 atom stereocenters. The van der Waals surface area contributed by atoms with Crippen LogP contribution in [0.5, 0.6) is 0 Å². The second-order valence-corrected chi connectivity index (χ2v) is 4.65. The SMILES string of the molecule is COC(=O)C1=CC(OCC(O)CO)[C@@H](C)C(N=[N+]=[N-])C1. The summed E-state index contributed by atoms with van der Waals surface area (Å²) in [7, 11) is 1.27. The number of carbonyl (C=O) groups is 1. The smallest absolute Gasteiger partial charge is 0.333 e. The van der Waals surface area contributed by atoms with E-state index in [1.54, 1.807) is 6.08 Å². The Kier molecular flexibility index (Phi) is 6.47. The van der Waals surface area contributed by atoms with E-state index in [4.69, 9.17) is 15.4 Å². The van der Waals surface area contributed by atoms with Gasteiger partial charge in [0.05, 0.1) is 26.4 Å². The lowest BCUT2D eigenvalue weighted by Crippen LogP contribution is -2.37. The average Bonchev–Trinajstić information content (AvgIpc) is 2.46. The molecule has 8 nitrogen and oxygen atoms in total. The molecule has 3 unspecified atom stereocenters. The molecule has 0 radical (unpaired) electrons. The molecule has 0 fully saturated rings. The van der Waals surface area contributed by atoms with E-state index in [0.717, 1.165) is 0 Å². The van der Waals surface area contributed by atoms with Crippen molar-refractivity contribution in [3.05, 3.63) is 22.1 Å². The molecule has 0 aromatic carbocycles. The highest BCUT2D eigenvalue weighted by Crippen LogP contribution is 2.29. The van der Waals surface area contributed by atoms with Crippen LogP contribution in [0, 0.1) is 5.92 Å². The minimum atomic E-state index is -0.989. The Hall–Kier alpha value is -1.60. The molecule has 0 heterocycles. The van der Waals surface area contributed by atoms with E-state index in [1.807, 2.05) is 6.92 Å². The molecule has 0 amide bonds. The van der Waals surface area contributed by atoms with Crippen LogP contribution >= 0.6 is 0 Å². The van der Waals surface area contributed by atoms with E-state index in [0.29, 0.717) is 12.0 Å². The summed E-state index contributed by atoms with van der Waals surface area (Å²) in [5.41, 5.74) is 8.95. The van der Waals surface area contributed by atoms with Crippen LogP contribution in [0.4, 0.5) is 0 Å². The summed E-state index contributed by atoms with van der Waals surface area (Å²) in [6.07, 6.45) is 0.427. The number of hydrogen-bond acceptors (Lipinski definition) is 6. The van der Waals surface area contributed by atoms with E-state index in [2.05, 4.69) is 14.8 Å². The normalized spacial score (nSPS) is 27.2. The minimum Gasteiger partial charge on any atom is -0.466 e. The third-order valence-electron chi connectivity index (χ3n) is 3.26. The Labute approximate surface area is 116 Å². The van der Waals surface area contributed by atoms with E-state index in [9.17, 15) is 9.90 Å². The zero-order chi connectivity index (χ0) is 15.1. The lowest BCUT2D eigenvalue weighted by molar-refractivity contribution is -0.136. The number of hydrogen-bond donors (Lipinski definition) is 2. The number of carbonyl (C=O) groups excluding carboxylic acids is 1. The summed E-state index contributed by atoms with van der Waals surface area (Å²) >= 11 is 0. The molecular weight excluding hydrogens is 266 g/mol. The van der Waals surface area contributed by atoms with Gasteiger partial charge in [-0.25, -0.2) is 4.79 Å². The monoisotopic (exact) mass is 285 g/mol. The molecule has 2 N–H and O–H groups in total. The van der Waals surface area contributed by atoms with Gasteiger partial charge in [-0.3, -0.25) is 0 Å². The second-order valence-electron chi connectivity index (χ2n) is 4.65. The molecule has 0 aliphatic heterocycles. The van der Waals surface area contributed by atoms with Crippen molar-refractivity contribution in [2.75, 3.05) is 20.3 Å². The first-order valence-corrected chi connectivity index (χ1v) is 6.27. The minimum absolute atomic E-state index is 0.0700. The Balaban J connectivity index is 2.86. The molecule has 0 aromatic rings. The van der Waals surface area contributed by atoms with Gasteiger partial charge >= 0.3 is 5.97 Å². The lowest BCUT2D eigenvalue weighted by Gasteiger charge is -2.32. The van der Waals surface area contributed by atoms with E-state index in [-0.39, 0.29) is 12.5 Å². The van der Waals surface area contributed by atoms with E-state index < -0.39 is 30.8 Å². The standard InChI is InChI=1S/C12H19N3O5/c1-7-10(14-15-13)3-8(12(18)19-2)4-11(7)20-6-9(17)5-16/h4,7,9-11,16-17H,3,5-6H2,1-2H3/t7-,9?,10?,11?/m0/s1. The Morgan fingerprint density at radius 3 is 2.95 bits per heavy atom. The molecule has 20 heavy (non-hydrogen) atoms. The number of ether oxygens (including phenoxy) is 2. The van der Waals surface area contributed by atoms with Crippen LogP contribution in [-0.4, -0.2) is 54.8 Å². The molecule has 8 heteroatoms. The van der Waals surface area contributed by atoms with Crippen molar-refractivity contribution in [1.82, 2.24) is 0 Å². The number of rotatable bonds is 6. The fourth-order valence-electron chi connectivity index (χ4n) is 2.02. The molecule has 1 aliphatic carbocycles. The van der Waals surface area contributed by atoms with Crippen LogP contribution < -0.4 is 0 Å². The van der Waals surface area contributed by atoms with Crippen molar-refractivity contribution >= 4 is 5.97 Å². The maximum Gasteiger partial charge on any atom is 0.333 e. The Morgan fingerprint density at radius 1 is 1.70 bits per heavy atom. The fraction of sp³-hybridized carbons (Fsp3) is 0.750. The lowest BCUT2D eigenvalue weighted by atomic mass is 9.84. The predicted molar refractivity (Wildman–Crippen MR) is 69.6 cm³/mol. The fourth-order valence-corrected chi connectivity index (χ4v) is 2.02. The maximum absolute atomic E-state index is 11.6. The van der Waals surface area contributed by atoms with Gasteiger partial charge in [0.25, 0.3) is 0 Å². The average molecular weight is 285 g/mol. The molecule has 0 saturated carbocycles. The van der Waals surface area contributed by atoms with Crippen molar-refractivity contribution in [3.63, 3.8) is 0 Å². The molecule has 1 rings (SSSR count). The molecule has 0 aromatic heterocycles. The van der Waals surface area contributed by atoms with Gasteiger partial charge in [0.15, 0.2) is 0 Å². The van der Waals surface area contributed by atoms with Gasteiger partial charge in [-0.15, -0.1) is 0 Å². The summed E-state index contributed by atoms with van der Waals surface area (Å²) in [5, 5.41) is 21.7. The Bertz CT molecular complexity index is 419. The number of nitrogens with zero attached hydrogens (tertiary/aromatic N) is 3. The summed E-state index contributed by atoms with van der Waals surface area (Å²) < 4.78 is 10.1.